The van der Waals surface area contributed by atoms with Gasteiger partial charge in [-0.1, -0.05) is 32.9 Å². The van der Waals surface area contributed by atoms with Gasteiger partial charge in [0, 0.05) is 48.8 Å². The summed E-state index contributed by atoms with van der Waals surface area (Å²) in [6.07, 6.45) is 0. The van der Waals surface area contributed by atoms with E-state index in [-0.39, 0.29) is 17.4 Å². The van der Waals surface area contributed by atoms with Crippen LogP contribution in [0.4, 0.5) is 21.9 Å². The third-order valence-electron chi connectivity index (χ3n) is 6.33. The van der Waals surface area contributed by atoms with Crippen LogP contribution in [0.3, 0.4) is 0 Å². The van der Waals surface area contributed by atoms with Crippen LogP contribution in [-0.2, 0) is 5.41 Å². The highest BCUT2D eigenvalue weighted by molar-refractivity contribution is 5.99. The summed E-state index contributed by atoms with van der Waals surface area (Å²) in [5, 5.41) is 14.4. The Balaban J connectivity index is 1.28. The first kappa shape index (κ1) is 24.8. The van der Waals surface area contributed by atoms with E-state index >= 15 is 0 Å². The van der Waals surface area contributed by atoms with Gasteiger partial charge in [0.15, 0.2) is 0 Å². The normalized spacial score (nSPS) is 13.6. The number of nitrogens with one attached hydrogen (secondary N) is 2. The minimum absolute atomic E-state index is 0.0626. The van der Waals surface area contributed by atoms with Gasteiger partial charge in [-0.05, 0) is 71.6 Å². The summed E-state index contributed by atoms with van der Waals surface area (Å²) >= 11 is 0. The summed E-state index contributed by atoms with van der Waals surface area (Å²) in [5.74, 6) is 0.0722. The van der Waals surface area contributed by atoms with Crippen molar-refractivity contribution in [2.45, 2.75) is 26.2 Å². The SMILES string of the molecule is CC(C)(C)c1ccc(C(=O)N2CCN(c3ccc(NC(=O)Nc4ccc(C#N)cc4)cc3)CC2)cc1. The predicted octanol–water partition coefficient (Wildman–Crippen LogP) is 5.46. The first-order valence-electron chi connectivity index (χ1n) is 12.1. The van der Waals surface area contributed by atoms with Crippen molar-refractivity contribution in [1.82, 2.24) is 4.90 Å². The quantitative estimate of drug-likeness (QED) is 0.518. The van der Waals surface area contributed by atoms with E-state index in [0.717, 1.165) is 24.3 Å². The number of rotatable bonds is 4. The minimum Gasteiger partial charge on any atom is -0.368 e. The topological polar surface area (TPSA) is 88.5 Å². The molecule has 0 radical (unpaired) electrons. The number of hydrogen-bond donors (Lipinski definition) is 2. The number of hydrogen-bond acceptors (Lipinski definition) is 4. The highest BCUT2D eigenvalue weighted by atomic mass is 16.2. The van der Waals surface area contributed by atoms with Crippen LogP contribution in [0.1, 0.15) is 42.3 Å². The summed E-state index contributed by atoms with van der Waals surface area (Å²) in [5.41, 5.74) is 4.89. The Bertz CT molecular complexity index is 1250. The van der Waals surface area contributed by atoms with Crippen molar-refractivity contribution in [3.05, 3.63) is 89.5 Å². The molecule has 0 atom stereocenters. The van der Waals surface area contributed by atoms with Gasteiger partial charge in [-0.25, -0.2) is 4.79 Å². The molecule has 3 aromatic carbocycles. The molecule has 1 heterocycles. The summed E-state index contributed by atoms with van der Waals surface area (Å²) in [6, 6.07) is 24.0. The largest absolute Gasteiger partial charge is 0.368 e. The van der Waals surface area contributed by atoms with Crippen molar-refractivity contribution in [1.29, 1.82) is 5.26 Å². The molecule has 2 N–H and O–H groups in total. The van der Waals surface area contributed by atoms with Gasteiger partial charge in [-0.2, -0.15) is 5.26 Å². The molecular weight excluding hydrogens is 450 g/mol. The molecule has 0 aliphatic carbocycles. The lowest BCUT2D eigenvalue weighted by Crippen LogP contribution is -2.48. The van der Waals surface area contributed by atoms with E-state index in [1.165, 1.54) is 5.56 Å². The van der Waals surface area contributed by atoms with Crippen LogP contribution in [0.5, 0.6) is 0 Å². The summed E-state index contributed by atoms with van der Waals surface area (Å²) in [4.78, 5) is 29.4. The predicted molar refractivity (Wildman–Crippen MR) is 143 cm³/mol. The Morgan fingerprint density at radius 3 is 1.81 bits per heavy atom. The Morgan fingerprint density at radius 2 is 1.31 bits per heavy atom. The molecule has 0 spiro atoms. The van der Waals surface area contributed by atoms with Crippen molar-refractivity contribution in [3.63, 3.8) is 0 Å². The highest BCUT2D eigenvalue weighted by Gasteiger charge is 2.23. The standard InChI is InChI=1S/C29H31N5O2/c1-29(2,3)23-8-6-22(7-9-23)27(35)34-18-16-33(17-19-34)26-14-12-25(13-15-26)32-28(36)31-24-10-4-21(20-30)5-11-24/h4-15H,16-19H2,1-3H3,(H2,31,32,36). The second kappa shape index (κ2) is 10.5. The number of nitriles is 1. The van der Waals surface area contributed by atoms with Gasteiger partial charge in [0.1, 0.15) is 0 Å². The lowest BCUT2D eigenvalue weighted by molar-refractivity contribution is 0.0746. The van der Waals surface area contributed by atoms with Crippen LogP contribution in [0.25, 0.3) is 0 Å². The van der Waals surface area contributed by atoms with Crippen LogP contribution in [0, 0.1) is 11.3 Å². The number of piperazine rings is 1. The van der Waals surface area contributed by atoms with E-state index in [4.69, 9.17) is 5.26 Å². The second-order valence-electron chi connectivity index (χ2n) is 9.92. The molecule has 1 saturated heterocycles. The molecule has 0 bridgehead atoms. The van der Waals surface area contributed by atoms with Crippen LogP contribution in [-0.4, -0.2) is 43.0 Å². The molecule has 7 heteroatoms. The molecule has 0 aromatic heterocycles. The highest BCUT2D eigenvalue weighted by Crippen LogP contribution is 2.24. The lowest BCUT2D eigenvalue weighted by atomic mass is 9.86. The average Bonchev–Trinajstić information content (AvgIpc) is 2.89. The van der Waals surface area contributed by atoms with Crippen molar-refractivity contribution < 1.29 is 9.59 Å². The van der Waals surface area contributed by atoms with E-state index < -0.39 is 0 Å². The maximum absolute atomic E-state index is 13.0. The average molecular weight is 482 g/mol. The van der Waals surface area contributed by atoms with E-state index in [1.807, 2.05) is 59.5 Å². The number of anilines is 3. The molecule has 1 fully saturated rings. The van der Waals surface area contributed by atoms with Gasteiger partial charge in [0.2, 0.25) is 0 Å². The van der Waals surface area contributed by atoms with Gasteiger partial charge in [-0.3, -0.25) is 4.79 Å². The molecular formula is C29H31N5O2. The maximum atomic E-state index is 13.0. The van der Waals surface area contributed by atoms with Crippen LogP contribution in [0.2, 0.25) is 0 Å². The zero-order chi connectivity index (χ0) is 25.7. The molecule has 1 aliphatic heterocycles. The molecule has 3 aromatic rings. The van der Waals surface area contributed by atoms with Crippen LogP contribution >= 0.6 is 0 Å². The maximum Gasteiger partial charge on any atom is 0.323 e. The lowest BCUT2D eigenvalue weighted by Gasteiger charge is -2.36. The van der Waals surface area contributed by atoms with Crippen molar-refractivity contribution in [2.24, 2.45) is 0 Å². The van der Waals surface area contributed by atoms with E-state index in [2.05, 4.69) is 36.3 Å². The monoisotopic (exact) mass is 481 g/mol. The third-order valence-corrected chi connectivity index (χ3v) is 6.33. The first-order valence-corrected chi connectivity index (χ1v) is 12.1. The number of carbonyl (C=O) groups excluding carboxylic acids is 2. The fourth-order valence-electron chi connectivity index (χ4n) is 4.14. The Hall–Kier alpha value is -4.31. The summed E-state index contributed by atoms with van der Waals surface area (Å²) in [7, 11) is 0. The second-order valence-corrected chi connectivity index (χ2v) is 9.92. The van der Waals surface area contributed by atoms with Crippen molar-refractivity contribution in [3.8, 4) is 6.07 Å². The minimum atomic E-state index is -0.352. The van der Waals surface area contributed by atoms with Gasteiger partial charge in [0.25, 0.3) is 5.91 Å². The summed E-state index contributed by atoms with van der Waals surface area (Å²) < 4.78 is 0. The summed E-state index contributed by atoms with van der Waals surface area (Å²) in [6.45, 7) is 9.31. The smallest absolute Gasteiger partial charge is 0.323 e. The van der Waals surface area contributed by atoms with Crippen molar-refractivity contribution >= 4 is 29.0 Å². The molecule has 1 aliphatic rings. The van der Waals surface area contributed by atoms with E-state index in [1.54, 1.807) is 24.3 Å². The number of benzene rings is 3. The molecule has 184 valence electrons. The van der Waals surface area contributed by atoms with Gasteiger partial charge < -0.3 is 20.4 Å². The van der Waals surface area contributed by atoms with Crippen LogP contribution < -0.4 is 15.5 Å². The van der Waals surface area contributed by atoms with Gasteiger partial charge in [0.05, 0.1) is 11.6 Å². The molecule has 36 heavy (non-hydrogen) atoms. The zero-order valence-corrected chi connectivity index (χ0v) is 20.9. The number of urea groups is 1. The molecule has 7 nitrogen and oxygen atoms in total. The number of nitrogens with zero attached hydrogens (tertiary/aromatic N) is 3. The fraction of sp³-hybridized carbons (Fsp3) is 0.276. The van der Waals surface area contributed by atoms with Gasteiger partial charge >= 0.3 is 6.03 Å². The molecule has 0 saturated carbocycles. The van der Waals surface area contributed by atoms with Crippen LogP contribution in [0.15, 0.2) is 72.8 Å². The van der Waals surface area contributed by atoms with E-state index in [9.17, 15) is 9.59 Å². The number of carbonyl (C=O) groups is 2. The first-order chi connectivity index (χ1) is 17.2. The fourth-order valence-corrected chi connectivity index (χ4v) is 4.14. The molecule has 4 rings (SSSR count). The third kappa shape index (κ3) is 6.02. The Kier molecular flexibility index (Phi) is 7.25. The Morgan fingerprint density at radius 1 is 0.778 bits per heavy atom. The number of amides is 3. The van der Waals surface area contributed by atoms with E-state index in [0.29, 0.717) is 30.0 Å². The Labute approximate surface area is 212 Å². The van der Waals surface area contributed by atoms with Crippen molar-refractivity contribution in [2.75, 3.05) is 41.7 Å². The molecule has 3 amide bonds. The van der Waals surface area contributed by atoms with Gasteiger partial charge in [-0.15, -0.1) is 0 Å². The molecule has 0 unspecified atom stereocenters. The zero-order valence-electron chi connectivity index (χ0n) is 20.9.